The van der Waals surface area contributed by atoms with Crippen LogP contribution >= 0.6 is 0 Å². The standard InChI is InChI=1S/C17H23NO4/c1-20-14-10-16(22-3)15(21-2)9-13(14)11-18-17(19)8-12-6-4-5-7-12/h4,6,9-10,12H,5,7-8,11H2,1-3H3,(H,18,19)/t12-/m1/s1. The molecule has 2 rings (SSSR count). The van der Waals surface area contributed by atoms with Crippen LogP contribution in [-0.2, 0) is 11.3 Å². The van der Waals surface area contributed by atoms with Crippen molar-refractivity contribution < 1.29 is 19.0 Å². The first-order valence-electron chi connectivity index (χ1n) is 7.40. The fourth-order valence-electron chi connectivity index (χ4n) is 2.60. The number of ether oxygens (including phenoxy) is 3. The summed E-state index contributed by atoms with van der Waals surface area (Å²) in [4.78, 5) is 12.0. The molecule has 0 unspecified atom stereocenters. The molecule has 1 N–H and O–H groups in total. The molecule has 0 fully saturated rings. The molecule has 0 radical (unpaired) electrons. The molecule has 120 valence electrons. The third kappa shape index (κ3) is 3.93. The molecule has 1 amide bonds. The van der Waals surface area contributed by atoms with E-state index in [1.165, 1.54) is 0 Å². The monoisotopic (exact) mass is 305 g/mol. The molecular formula is C17H23NO4. The average molecular weight is 305 g/mol. The van der Waals surface area contributed by atoms with Gasteiger partial charge in [0.2, 0.25) is 5.91 Å². The number of carbonyl (C=O) groups excluding carboxylic acids is 1. The first kappa shape index (κ1) is 16.2. The molecule has 0 saturated carbocycles. The van der Waals surface area contributed by atoms with Gasteiger partial charge < -0.3 is 19.5 Å². The molecule has 1 aliphatic carbocycles. The predicted molar refractivity (Wildman–Crippen MR) is 84.4 cm³/mol. The third-order valence-electron chi connectivity index (χ3n) is 3.82. The third-order valence-corrected chi connectivity index (χ3v) is 3.82. The van der Waals surface area contributed by atoms with Crippen molar-refractivity contribution in [2.24, 2.45) is 5.92 Å². The van der Waals surface area contributed by atoms with Gasteiger partial charge in [-0.25, -0.2) is 0 Å². The Morgan fingerprint density at radius 1 is 1.14 bits per heavy atom. The Labute approximate surface area is 131 Å². The second-order valence-electron chi connectivity index (χ2n) is 5.27. The van der Waals surface area contributed by atoms with E-state index in [4.69, 9.17) is 14.2 Å². The van der Waals surface area contributed by atoms with E-state index < -0.39 is 0 Å². The molecule has 1 aromatic carbocycles. The molecule has 5 nitrogen and oxygen atoms in total. The van der Waals surface area contributed by atoms with Crippen LogP contribution in [0.3, 0.4) is 0 Å². The first-order chi connectivity index (χ1) is 10.7. The lowest BCUT2D eigenvalue weighted by molar-refractivity contribution is -0.121. The number of carbonyl (C=O) groups is 1. The van der Waals surface area contributed by atoms with Crippen molar-refractivity contribution in [3.8, 4) is 17.2 Å². The zero-order chi connectivity index (χ0) is 15.9. The number of amides is 1. The van der Waals surface area contributed by atoms with E-state index in [0.717, 1.165) is 18.4 Å². The van der Waals surface area contributed by atoms with Gasteiger partial charge in [0.1, 0.15) is 5.75 Å². The molecule has 0 aliphatic heterocycles. The van der Waals surface area contributed by atoms with Gasteiger partial charge >= 0.3 is 0 Å². The summed E-state index contributed by atoms with van der Waals surface area (Å²) in [5, 5.41) is 2.94. The Bertz CT molecular complexity index is 554. The van der Waals surface area contributed by atoms with E-state index in [2.05, 4.69) is 17.5 Å². The highest BCUT2D eigenvalue weighted by molar-refractivity contribution is 5.76. The van der Waals surface area contributed by atoms with E-state index in [-0.39, 0.29) is 5.91 Å². The number of hydrogen-bond acceptors (Lipinski definition) is 4. The summed E-state index contributed by atoms with van der Waals surface area (Å²) < 4.78 is 15.9. The van der Waals surface area contributed by atoms with E-state index in [1.807, 2.05) is 6.07 Å². The van der Waals surface area contributed by atoms with E-state index in [0.29, 0.717) is 36.1 Å². The van der Waals surface area contributed by atoms with Crippen LogP contribution in [-0.4, -0.2) is 27.2 Å². The Kier molecular flexibility index (Phi) is 5.69. The number of rotatable bonds is 7. The summed E-state index contributed by atoms with van der Waals surface area (Å²) in [6, 6.07) is 3.59. The van der Waals surface area contributed by atoms with Crippen LogP contribution in [0.4, 0.5) is 0 Å². The molecule has 1 atom stereocenters. The Hall–Kier alpha value is -2.17. The molecule has 0 heterocycles. The number of methoxy groups -OCH3 is 3. The van der Waals surface area contributed by atoms with Gasteiger partial charge in [-0.2, -0.15) is 0 Å². The van der Waals surface area contributed by atoms with E-state index in [9.17, 15) is 4.79 Å². The summed E-state index contributed by atoms with van der Waals surface area (Å²) in [6.07, 6.45) is 6.92. The number of allylic oxidation sites excluding steroid dienone is 2. The van der Waals surface area contributed by atoms with Crippen molar-refractivity contribution in [3.63, 3.8) is 0 Å². The minimum Gasteiger partial charge on any atom is -0.496 e. The van der Waals surface area contributed by atoms with Crippen molar-refractivity contribution in [1.29, 1.82) is 0 Å². The molecular weight excluding hydrogens is 282 g/mol. The van der Waals surface area contributed by atoms with E-state index in [1.54, 1.807) is 27.4 Å². The quantitative estimate of drug-likeness (QED) is 0.787. The molecule has 0 bridgehead atoms. The van der Waals surface area contributed by atoms with Crippen LogP contribution < -0.4 is 19.5 Å². The molecule has 5 heteroatoms. The zero-order valence-electron chi connectivity index (χ0n) is 13.3. The maximum atomic E-state index is 12.0. The second kappa shape index (κ2) is 7.73. The zero-order valence-corrected chi connectivity index (χ0v) is 13.3. The van der Waals surface area contributed by atoms with Crippen LogP contribution in [0.25, 0.3) is 0 Å². The van der Waals surface area contributed by atoms with Gasteiger partial charge in [0.15, 0.2) is 11.5 Å². The summed E-state index contributed by atoms with van der Waals surface area (Å²) in [6.45, 7) is 0.402. The highest BCUT2D eigenvalue weighted by Crippen LogP contribution is 2.34. The molecule has 1 aliphatic rings. The molecule has 0 aromatic heterocycles. The topological polar surface area (TPSA) is 56.8 Å². The van der Waals surface area contributed by atoms with Crippen molar-refractivity contribution in [2.75, 3.05) is 21.3 Å². The van der Waals surface area contributed by atoms with Gasteiger partial charge in [0.25, 0.3) is 0 Å². The predicted octanol–water partition coefficient (Wildman–Crippen LogP) is 2.68. The number of benzene rings is 1. The summed E-state index contributed by atoms with van der Waals surface area (Å²) in [7, 11) is 4.75. The van der Waals surface area contributed by atoms with Crippen molar-refractivity contribution in [2.45, 2.75) is 25.8 Å². The summed E-state index contributed by atoms with van der Waals surface area (Å²) >= 11 is 0. The molecule has 0 saturated heterocycles. The second-order valence-corrected chi connectivity index (χ2v) is 5.27. The van der Waals surface area contributed by atoms with Crippen LogP contribution in [0.1, 0.15) is 24.8 Å². The Morgan fingerprint density at radius 2 is 1.82 bits per heavy atom. The van der Waals surface area contributed by atoms with Crippen LogP contribution in [0.15, 0.2) is 24.3 Å². The minimum absolute atomic E-state index is 0.0494. The van der Waals surface area contributed by atoms with Crippen LogP contribution in [0.5, 0.6) is 17.2 Å². The Balaban J connectivity index is 2.01. The van der Waals surface area contributed by atoms with Crippen LogP contribution in [0.2, 0.25) is 0 Å². The lowest BCUT2D eigenvalue weighted by atomic mass is 10.0. The van der Waals surface area contributed by atoms with Crippen molar-refractivity contribution in [3.05, 3.63) is 29.8 Å². The van der Waals surface area contributed by atoms with Gasteiger partial charge in [0, 0.05) is 24.6 Å². The number of nitrogens with one attached hydrogen (secondary N) is 1. The summed E-state index contributed by atoms with van der Waals surface area (Å²) in [5.41, 5.74) is 0.857. The maximum absolute atomic E-state index is 12.0. The first-order valence-corrected chi connectivity index (χ1v) is 7.40. The molecule has 0 spiro atoms. The fourth-order valence-corrected chi connectivity index (χ4v) is 2.60. The normalized spacial score (nSPS) is 16.4. The Morgan fingerprint density at radius 3 is 2.41 bits per heavy atom. The van der Waals surface area contributed by atoms with Crippen LogP contribution in [0, 0.1) is 5.92 Å². The van der Waals surface area contributed by atoms with Crippen molar-refractivity contribution >= 4 is 5.91 Å². The van der Waals surface area contributed by atoms with Gasteiger partial charge in [-0.05, 0) is 24.8 Å². The highest BCUT2D eigenvalue weighted by atomic mass is 16.5. The number of hydrogen-bond donors (Lipinski definition) is 1. The van der Waals surface area contributed by atoms with Gasteiger partial charge in [-0.15, -0.1) is 0 Å². The molecule has 22 heavy (non-hydrogen) atoms. The lowest BCUT2D eigenvalue weighted by Gasteiger charge is -2.15. The van der Waals surface area contributed by atoms with Gasteiger partial charge in [-0.3, -0.25) is 4.79 Å². The molecule has 1 aromatic rings. The largest absolute Gasteiger partial charge is 0.496 e. The van der Waals surface area contributed by atoms with Gasteiger partial charge in [0.05, 0.1) is 21.3 Å². The average Bonchev–Trinajstić information content (AvgIpc) is 3.04. The lowest BCUT2D eigenvalue weighted by Crippen LogP contribution is -2.24. The fraction of sp³-hybridized carbons (Fsp3) is 0.471. The van der Waals surface area contributed by atoms with Crippen molar-refractivity contribution in [1.82, 2.24) is 5.32 Å². The van der Waals surface area contributed by atoms with E-state index >= 15 is 0 Å². The minimum atomic E-state index is 0.0494. The summed E-state index contributed by atoms with van der Waals surface area (Å²) in [5.74, 6) is 2.30. The van der Waals surface area contributed by atoms with Gasteiger partial charge in [-0.1, -0.05) is 12.2 Å². The smallest absolute Gasteiger partial charge is 0.220 e. The highest BCUT2D eigenvalue weighted by Gasteiger charge is 2.16. The maximum Gasteiger partial charge on any atom is 0.220 e. The SMILES string of the molecule is COc1cc(OC)c(OC)cc1CNC(=O)C[C@@H]1C=CCC1.